The quantitative estimate of drug-likeness (QED) is 0.173. The Balaban J connectivity index is 2.01. The van der Waals surface area contributed by atoms with Crippen molar-refractivity contribution in [2.75, 3.05) is 4.90 Å². The van der Waals surface area contributed by atoms with Crippen molar-refractivity contribution < 1.29 is 32.8 Å². The third kappa shape index (κ3) is 4.25. The van der Waals surface area contributed by atoms with E-state index in [2.05, 4.69) is 0 Å². The van der Waals surface area contributed by atoms with Crippen molar-refractivity contribution in [2.45, 2.75) is 19.1 Å². The zero-order chi connectivity index (χ0) is 25.5. The lowest BCUT2D eigenvalue weighted by Crippen LogP contribution is -2.30. The van der Waals surface area contributed by atoms with Crippen molar-refractivity contribution in [3.63, 3.8) is 0 Å². The van der Waals surface area contributed by atoms with Gasteiger partial charge in [0.05, 0.1) is 21.6 Å². The highest BCUT2D eigenvalue weighted by Gasteiger charge is 2.49. The van der Waals surface area contributed by atoms with Crippen molar-refractivity contribution in [2.24, 2.45) is 0 Å². The fourth-order valence-corrected chi connectivity index (χ4v) is 3.98. The van der Waals surface area contributed by atoms with Crippen LogP contribution in [0.25, 0.3) is 5.76 Å². The van der Waals surface area contributed by atoms with Crippen molar-refractivity contribution in [3.05, 3.63) is 111 Å². The molecule has 0 saturated carbocycles. The number of hydrogen-bond donors (Lipinski definition) is 1. The summed E-state index contributed by atoms with van der Waals surface area (Å²) in [6, 6.07) is 13.7. The zero-order valence-electron chi connectivity index (χ0n) is 18.1. The van der Waals surface area contributed by atoms with E-state index in [0.717, 1.165) is 28.7 Å². The molecule has 0 bridgehead atoms. The molecule has 0 radical (unpaired) electrons. The number of aryl methyl sites for hydroxylation is 1. The molecule has 1 aliphatic heterocycles. The van der Waals surface area contributed by atoms with Crippen LogP contribution in [-0.4, -0.2) is 21.7 Å². The maximum absolute atomic E-state index is 13.4. The van der Waals surface area contributed by atoms with Gasteiger partial charge in [0.15, 0.2) is 0 Å². The predicted octanol–water partition coefficient (Wildman–Crippen LogP) is 5.55. The fraction of sp³-hybridized carbons (Fsp3) is 0.120. The Hall–Kier alpha value is -4.47. The van der Waals surface area contributed by atoms with Crippen LogP contribution >= 0.6 is 0 Å². The van der Waals surface area contributed by atoms with Gasteiger partial charge in [-0.05, 0) is 31.2 Å². The minimum Gasteiger partial charge on any atom is -0.507 e. The summed E-state index contributed by atoms with van der Waals surface area (Å²) in [5, 5.41) is 22.8. The van der Waals surface area contributed by atoms with Crippen molar-refractivity contribution >= 4 is 28.8 Å². The first-order valence-corrected chi connectivity index (χ1v) is 10.3. The normalized spacial score (nSPS) is 17.6. The summed E-state index contributed by atoms with van der Waals surface area (Å²) in [5.74, 6) is -2.99. The van der Waals surface area contributed by atoms with Gasteiger partial charge in [0.25, 0.3) is 17.4 Å². The molecule has 1 amide bonds. The molecule has 178 valence electrons. The van der Waals surface area contributed by atoms with Crippen LogP contribution in [0.2, 0.25) is 0 Å². The molecule has 4 rings (SSSR count). The molecule has 10 heteroatoms. The molecule has 7 nitrogen and oxygen atoms in total. The molecule has 1 aliphatic rings. The van der Waals surface area contributed by atoms with Crippen molar-refractivity contribution in [3.8, 4) is 0 Å². The van der Waals surface area contributed by atoms with E-state index in [1.165, 1.54) is 36.4 Å². The second-order valence-corrected chi connectivity index (χ2v) is 7.90. The van der Waals surface area contributed by atoms with E-state index in [1.807, 2.05) is 0 Å². The number of para-hydroxylation sites is 1. The van der Waals surface area contributed by atoms with Crippen LogP contribution in [0.5, 0.6) is 0 Å². The molecule has 0 unspecified atom stereocenters. The van der Waals surface area contributed by atoms with Crippen LogP contribution in [0.3, 0.4) is 0 Å². The third-order valence-electron chi connectivity index (χ3n) is 5.65. The molecule has 1 fully saturated rings. The van der Waals surface area contributed by atoms with Crippen LogP contribution in [0.15, 0.2) is 78.4 Å². The SMILES string of the molecule is Cc1ccc(C(O)=C2C(=O)C(=O)N(c3cccc(C(F)(F)F)c3)[C@H]2c2ccccc2[N+](=O)[O-])cc1. The first kappa shape index (κ1) is 23.7. The number of benzene rings is 3. The summed E-state index contributed by atoms with van der Waals surface area (Å²) < 4.78 is 40.1. The van der Waals surface area contributed by atoms with Crippen LogP contribution in [-0.2, 0) is 15.8 Å². The van der Waals surface area contributed by atoms with E-state index >= 15 is 0 Å². The van der Waals surface area contributed by atoms with Gasteiger partial charge >= 0.3 is 6.18 Å². The van der Waals surface area contributed by atoms with E-state index in [-0.39, 0.29) is 16.8 Å². The summed E-state index contributed by atoms with van der Waals surface area (Å²) in [7, 11) is 0. The molecular weight excluding hydrogens is 465 g/mol. The molecule has 3 aromatic carbocycles. The summed E-state index contributed by atoms with van der Waals surface area (Å²) in [6.07, 6.45) is -4.74. The van der Waals surface area contributed by atoms with Gasteiger partial charge in [-0.25, -0.2) is 0 Å². The number of ketones is 1. The van der Waals surface area contributed by atoms with Gasteiger partial charge in [-0.15, -0.1) is 0 Å². The number of aliphatic hydroxyl groups excluding tert-OH is 1. The largest absolute Gasteiger partial charge is 0.507 e. The number of rotatable bonds is 4. The maximum Gasteiger partial charge on any atom is 0.416 e. The smallest absolute Gasteiger partial charge is 0.416 e. The Kier molecular flexibility index (Phi) is 5.89. The first-order chi connectivity index (χ1) is 16.5. The number of anilines is 1. The lowest BCUT2D eigenvalue weighted by Gasteiger charge is -2.25. The Morgan fingerprint density at radius 2 is 1.66 bits per heavy atom. The number of nitro benzene ring substituents is 1. The number of Topliss-reactive ketones (excluding diaryl/α,β-unsaturated/α-hetero) is 1. The van der Waals surface area contributed by atoms with Gasteiger partial charge < -0.3 is 5.11 Å². The lowest BCUT2D eigenvalue weighted by atomic mass is 9.93. The monoisotopic (exact) mass is 482 g/mol. The topological polar surface area (TPSA) is 101 Å². The fourth-order valence-electron chi connectivity index (χ4n) is 3.98. The molecule has 3 aromatic rings. The number of amides is 1. The van der Waals surface area contributed by atoms with Crippen LogP contribution in [0.1, 0.15) is 28.3 Å². The average Bonchev–Trinajstić information content (AvgIpc) is 3.09. The minimum absolute atomic E-state index is 0.136. The van der Waals surface area contributed by atoms with E-state index in [9.17, 15) is 38.0 Å². The highest BCUT2D eigenvalue weighted by Crippen LogP contribution is 2.45. The average molecular weight is 482 g/mol. The van der Waals surface area contributed by atoms with Crippen LogP contribution < -0.4 is 4.90 Å². The second kappa shape index (κ2) is 8.71. The molecule has 0 spiro atoms. The molecule has 0 aromatic heterocycles. The van der Waals surface area contributed by atoms with Crippen LogP contribution in [0, 0.1) is 17.0 Å². The zero-order valence-corrected chi connectivity index (χ0v) is 18.1. The van der Waals surface area contributed by atoms with E-state index in [0.29, 0.717) is 6.07 Å². The standard InChI is InChI=1S/C25H17F3N2O5/c1-14-9-11-15(12-10-14)22(31)20-21(18-7-2-3-8-19(18)30(34)35)29(24(33)23(20)32)17-6-4-5-16(13-17)25(26,27)28/h2-13,21,31H,1H3/t21-/m0/s1. The molecule has 1 atom stereocenters. The number of nitro groups is 1. The highest BCUT2D eigenvalue weighted by molar-refractivity contribution is 6.51. The summed E-state index contributed by atoms with van der Waals surface area (Å²) >= 11 is 0. The molecule has 35 heavy (non-hydrogen) atoms. The Labute approximate surface area is 196 Å². The van der Waals surface area contributed by atoms with E-state index in [1.54, 1.807) is 19.1 Å². The summed E-state index contributed by atoms with van der Waals surface area (Å²) in [6.45, 7) is 1.80. The maximum atomic E-state index is 13.4. The van der Waals surface area contributed by atoms with Crippen molar-refractivity contribution in [1.82, 2.24) is 0 Å². The number of hydrogen-bond acceptors (Lipinski definition) is 5. The number of alkyl halides is 3. The number of carbonyl (C=O) groups is 2. The van der Waals surface area contributed by atoms with E-state index in [4.69, 9.17) is 0 Å². The molecule has 1 heterocycles. The molecule has 1 saturated heterocycles. The van der Waals surface area contributed by atoms with Crippen LogP contribution in [0.4, 0.5) is 24.5 Å². The van der Waals surface area contributed by atoms with Gasteiger partial charge in [0, 0.05) is 17.3 Å². The van der Waals surface area contributed by atoms with Gasteiger partial charge in [-0.2, -0.15) is 13.2 Å². The minimum atomic E-state index is -4.74. The number of halogens is 3. The number of nitrogens with zero attached hydrogens (tertiary/aromatic N) is 2. The molecule has 0 aliphatic carbocycles. The van der Waals surface area contributed by atoms with Gasteiger partial charge in [-0.3, -0.25) is 24.6 Å². The van der Waals surface area contributed by atoms with Gasteiger partial charge in [0.1, 0.15) is 11.8 Å². The number of aliphatic hydroxyl groups is 1. The first-order valence-electron chi connectivity index (χ1n) is 10.3. The Morgan fingerprint density at radius 1 is 1.00 bits per heavy atom. The lowest BCUT2D eigenvalue weighted by molar-refractivity contribution is -0.385. The summed E-state index contributed by atoms with van der Waals surface area (Å²) in [4.78, 5) is 38.0. The highest BCUT2D eigenvalue weighted by atomic mass is 19.4. The predicted molar refractivity (Wildman–Crippen MR) is 121 cm³/mol. The Bertz CT molecular complexity index is 1380. The van der Waals surface area contributed by atoms with Gasteiger partial charge in [0.2, 0.25) is 0 Å². The number of carbonyl (C=O) groups excluding carboxylic acids is 2. The second-order valence-electron chi connectivity index (χ2n) is 7.90. The molecule has 1 N–H and O–H groups in total. The summed E-state index contributed by atoms with van der Waals surface area (Å²) in [5.41, 5.74) is -1.42. The van der Waals surface area contributed by atoms with E-state index < -0.39 is 51.4 Å². The Morgan fingerprint density at radius 3 is 2.29 bits per heavy atom. The van der Waals surface area contributed by atoms with Crippen molar-refractivity contribution in [1.29, 1.82) is 0 Å². The third-order valence-corrected chi connectivity index (χ3v) is 5.65. The van der Waals surface area contributed by atoms with Gasteiger partial charge in [-0.1, -0.05) is 48.0 Å². The molecular formula is C25H17F3N2O5.